The summed E-state index contributed by atoms with van der Waals surface area (Å²) in [5.41, 5.74) is 1.31. The second-order valence-electron chi connectivity index (χ2n) is 4.43. The molecule has 2 heteroatoms. The molecule has 1 aliphatic rings. The van der Waals surface area contributed by atoms with E-state index >= 15 is 0 Å². The van der Waals surface area contributed by atoms with Crippen molar-refractivity contribution in [2.75, 3.05) is 33.2 Å². The van der Waals surface area contributed by atoms with Gasteiger partial charge in [-0.05, 0) is 37.9 Å². The first kappa shape index (κ1) is 11.7. The van der Waals surface area contributed by atoms with Crippen LogP contribution in [0.15, 0.2) is 12.2 Å². The van der Waals surface area contributed by atoms with Crippen LogP contribution in [0.3, 0.4) is 0 Å². The highest BCUT2D eigenvalue weighted by molar-refractivity contribution is 5.00. The molecule has 0 saturated carbocycles. The van der Waals surface area contributed by atoms with Gasteiger partial charge < -0.3 is 5.32 Å². The molecule has 0 aromatic heterocycles. The van der Waals surface area contributed by atoms with Crippen molar-refractivity contribution in [2.45, 2.75) is 26.2 Å². The van der Waals surface area contributed by atoms with Gasteiger partial charge in [0, 0.05) is 19.6 Å². The summed E-state index contributed by atoms with van der Waals surface area (Å²) in [4.78, 5) is 2.55. The molecule has 1 saturated heterocycles. The fraction of sp³-hybridized carbons (Fsp3) is 0.833. The standard InChI is InChI=1S/C12H24N2/c1-4-12-6-5-7-14(10-12)9-11(2)8-13-3/h12-13H,2,4-10H2,1,3H3. The van der Waals surface area contributed by atoms with E-state index in [4.69, 9.17) is 0 Å². The maximum absolute atomic E-state index is 4.09. The highest BCUT2D eigenvalue weighted by Crippen LogP contribution is 2.19. The van der Waals surface area contributed by atoms with E-state index in [1.54, 1.807) is 0 Å². The topological polar surface area (TPSA) is 15.3 Å². The Morgan fingerprint density at radius 2 is 2.36 bits per heavy atom. The van der Waals surface area contributed by atoms with E-state index in [1.165, 1.54) is 37.9 Å². The molecule has 0 radical (unpaired) electrons. The number of likely N-dealkylation sites (tertiary alicyclic amines) is 1. The Hall–Kier alpha value is -0.340. The molecule has 1 aliphatic heterocycles. The summed E-state index contributed by atoms with van der Waals surface area (Å²) in [6, 6.07) is 0. The van der Waals surface area contributed by atoms with Gasteiger partial charge in [-0.15, -0.1) is 0 Å². The van der Waals surface area contributed by atoms with E-state index in [0.29, 0.717) is 0 Å². The van der Waals surface area contributed by atoms with Gasteiger partial charge in [-0.25, -0.2) is 0 Å². The predicted molar refractivity (Wildman–Crippen MR) is 62.5 cm³/mol. The van der Waals surface area contributed by atoms with E-state index in [2.05, 4.69) is 23.7 Å². The van der Waals surface area contributed by atoms with Gasteiger partial charge >= 0.3 is 0 Å². The normalized spacial score (nSPS) is 23.7. The molecule has 0 aliphatic carbocycles. The van der Waals surface area contributed by atoms with Gasteiger partial charge in [0.25, 0.3) is 0 Å². The number of likely N-dealkylation sites (N-methyl/N-ethyl adjacent to an activating group) is 1. The molecule has 1 fully saturated rings. The van der Waals surface area contributed by atoms with Crippen molar-refractivity contribution >= 4 is 0 Å². The van der Waals surface area contributed by atoms with Crippen LogP contribution in [0, 0.1) is 5.92 Å². The number of hydrogen-bond donors (Lipinski definition) is 1. The molecule has 82 valence electrons. The highest BCUT2D eigenvalue weighted by atomic mass is 15.1. The van der Waals surface area contributed by atoms with E-state index in [-0.39, 0.29) is 0 Å². The van der Waals surface area contributed by atoms with Crippen LogP contribution in [-0.4, -0.2) is 38.1 Å². The number of rotatable bonds is 5. The third kappa shape index (κ3) is 3.81. The Labute approximate surface area is 88.4 Å². The van der Waals surface area contributed by atoms with Crippen molar-refractivity contribution in [1.82, 2.24) is 10.2 Å². The molecule has 1 unspecified atom stereocenters. The molecule has 1 N–H and O–H groups in total. The summed E-state index contributed by atoms with van der Waals surface area (Å²) in [6.07, 6.45) is 4.12. The van der Waals surface area contributed by atoms with Crippen LogP contribution in [-0.2, 0) is 0 Å². The minimum atomic E-state index is 0.922. The zero-order valence-electron chi connectivity index (χ0n) is 9.68. The Morgan fingerprint density at radius 1 is 1.57 bits per heavy atom. The monoisotopic (exact) mass is 196 g/mol. The largest absolute Gasteiger partial charge is 0.316 e. The van der Waals surface area contributed by atoms with Crippen LogP contribution in [0.1, 0.15) is 26.2 Å². The molecule has 14 heavy (non-hydrogen) atoms. The Kier molecular flexibility index (Phi) is 5.20. The Morgan fingerprint density at radius 3 is 3.00 bits per heavy atom. The van der Waals surface area contributed by atoms with Crippen LogP contribution in [0.2, 0.25) is 0 Å². The lowest BCUT2D eigenvalue weighted by atomic mass is 9.95. The van der Waals surface area contributed by atoms with Crippen LogP contribution in [0.4, 0.5) is 0 Å². The summed E-state index contributed by atoms with van der Waals surface area (Å²) < 4.78 is 0. The number of nitrogens with one attached hydrogen (secondary N) is 1. The quantitative estimate of drug-likeness (QED) is 0.675. The van der Waals surface area contributed by atoms with Gasteiger partial charge in [0.15, 0.2) is 0 Å². The lowest BCUT2D eigenvalue weighted by Gasteiger charge is -2.32. The molecular weight excluding hydrogens is 172 g/mol. The number of nitrogens with zero attached hydrogens (tertiary/aromatic N) is 1. The zero-order valence-corrected chi connectivity index (χ0v) is 9.68. The van der Waals surface area contributed by atoms with Gasteiger partial charge in [0.05, 0.1) is 0 Å². The van der Waals surface area contributed by atoms with Crippen molar-refractivity contribution < 1.29 is 0 Å². The molecule has 1 heterocycles. The summed E-state index contributed by atoms with van der Waals surface area (Å²) >= 11 is 0. The molecular formula is C12H24N2. The van der Waals surface area contributed by atoms with Gasteiger partial charge in [-0.1, -0.05) is 19.9 Å². The smallest absolute Gasteiger partial charge is 0.0202 e. The Balaban J connectivity index is 2.26. The van der Waals surface area contributed by atoms with Gasteiger partial charge in [-0.3, -0.25) is 4.90 Å². The highest BCUT2D eigenvalue weighted by Gasteiger charge is 2.18. The average Bonchev–Trinajstić information content (AvgIpc) is 2.18. The summed E-state index contributed by atoms with van der Waals surface area (Å²) in [7, 11) is 1.98. The number of piperidine rings is 1. The second-order valence-corrected chi connectivity index (χ2v) is 4.43. The maximum atomic E-state index is 4.09. The Bertz CT molecular complexity index is 177. The average molecular weight is 196 g/mol. The molecule has 1 atom stereocenters. The van der Waals surface area contributed by atoms with E-state index < -0.39 is 0 Å². The van der Waals surface area contributed by atoms with Crippen molar-refractivity contribution in [3.05, 3.63) is 12.2 Å². The summed E-state index contributed by atoms with van der Waals surface area (Å²) in [5, 5.41) is 3.16. The van der Waals surface area contributed by atoms with Crippen LogP contribution >= 0.6 is 0 Å². The van der Waals surface area contributed by atoms with Crippen LogP contribution in [0.25, 0.3) is 0 Å². The van der Waals surface area contributed by atoms with Crippen LogP contribution < -0.4 is 5.32 Å². The predicted octanol–water partition coefficient (Wildman–Crippen LogP) is 1.88. The fourth-order valence-electron chi connectivity index (χ4n) is 2.25. The first-order chi connectivity index (χ1) is 6.76. The zero-order chi connectivity index (χ0) is 10.4. The van der Waals surface area contributed by atoms with Crippen molar-refractivity contribution in [1.29, 1.82) is 0 Å². The summed E-state index contributed by atoms with van der Waals surface area (Å²) in [5.74, 6) is 0.922. The first-order valence-electron chi connectivity index (χ1n) is 5.79. The lowest BCUT2D eigenvalue weighted by molar-refractivity contribution is 0.184. The molecule has 0 amide bonds. The molecule has 0 spiro atoms. The maximum Gasteiger partial charge on any atom is 0.0202 e. The van der Waals surface area contributed by atoms with E-state index in [1.807, 2.05) is 7.05 Å². The number of hydrogen-bond acceptors (Lipinski definition) is 2. The van der Waals surface area contributed by atoms with Crippen LogP contribution in [0.5, 0.6) is 0 Å². The van der Waals surface area contributed by atoms with Gasteiger partial charge in [0.1, 0.15) is 0 Å². The van der Waals surface area contributed by atoms with Gasteiger partial charge in [0.2, 0.25) is 0 Å². The second kappa shape index (κ2) is 6.20. The lowest BCUT2D eigenvalue weighted by Crippen LogP contribution is -2.37. The van der Waals surface area contributed by atoms with Crippen molar-refractivity contribution in [3.8, 4) is 0 Å². The minimum Gasteiger partial charge on any atom is -0.316 e. The molecule has 0 aromatic rings. The third-order valence-corrected chi connectivity index (χ3v) is 3.05. The molecule has 0 aromatic carbocycles. The first-order valence-corrected chi connectivity index (χ1v) is 5.79. The molecule has 1 rings (SSSR count). The third-order valence-electron chi connectivity index (χ3n) is 3.05. The minimum absolute atomic E-state index is 0.922. The SMILES string of the molecule is C=C(CNC)CN1CCCC(CC)C1. The van der Waals surface area contributed by atoms with Gasteiger partial charge in [-0.2, -0.15) is 0 Å². The molecule has 2 nitrogen and oxygen atoms in total. The summed E-state index contributed by atoms with van der Waals surface area (Å²) in [6.45, 7) is 11.0. The van der Waals surface area contributed by atoms with E-state index in [9.17, 15) is 0 Å². The fourth-order valence-corrected chi connectivity index (χ4v) is 2.25. The van der Waals surface area contributed by atoms with E-state index in [0.717, 1.165) is 19.0 Å². The van der Waals surface area contributed by atoms with Crippen molar-refractivity contribution in [3.63, 3.8) is 0 Å². The molecule has 0 bridgehead atoms. The van der Waals surface area contributed by atoms with Crippen molar-refractivity contribution in [2.24, 2.45) is 5.92 Å².